The molecular formula is C18H21NO3. The molecule has 0 saturated carbocycles. The highest BCUT2D eigenvalue weighted by Crippen LogP contribution is 2.33. The zero-order valence-electron chi connectivity index (χ0n) is 13.6. The minimum absolute atomic E-state index is 0.0415. The average Bonchev–Trinajstić information content (AvgIpc) is 2.41. The van der Waals surface area contributed by atoms with Crippen LogP contribution in [0.1, 0.15) is 37.5 Å². The molecule has 0 fully saturated rings. The van der Waals surface area contributed by atoms with E-state index in [-0.39, 0.29) is 16.0 Å². The smallest absolute Gasteiger partial charge is 0.272 e. The van der Waals surface area contributed by atoms with Crippen molar-refractivity contribution in [2.24, 2.45) is 0 Å². The first kappa shape index (κ1) is 16.0. The van der Waals surface area contributed by atoms with Crippen molar-refractivity contribution in [2.45, 2.75) is 40.0 Å². The summed E-state index contributed by atoms with van der Waals surface area (Å²) in [6, 6.07) is 11.2. The van der Waals surface area contributed by atoms with Crippen LogP contribution < -0.4 is 4.74 Å². The van der Waals surface area contributed by atoms with E-state index < -0.39 is 0 Å². The molecule has 0 unspecified atom stereocenters. The fourth-order valence-electron chi connectivity index (χ4n) is 2.23. The minimum Gasteiger partial charge on any atom is -0.457 e. The molecule has 0 heterocycles. The third-order valence-corrected chi connectivity index (χ3v) is 3.62. The molecule has 0 amide bonds. The van der Waals surface area contributed by atoms with Crippen LogP contribution in [0.25, 0.3) is 0 Å². The number of hydrogen-bond donors (Lipinski definition) is 0. The Bertz CT molecular complexity index is 715. The second-order valence-corrected chi connectivity index (χ2v) is 6.54. The maximum absolute atomic E-state index is 11.0. The lowest BCUT2D eigenvalue weighted by atomic mass is 9.87. The SMILES string of the molecule is Cc1cc([N+](=O)[O-])c(C)cc1Oc1cccc(C(C)(C)C)c1. The quantitative estimate of drug-likeness (QED) is 0.570. The van der Waals surface area contributed by atoms with Crippen molar-refractivity contribution < 1.29 is 9.66 Å². The molecule has 2 aromatic rings. The third kappa shape index (κ3) is 3.45. The van der Waals surface area contributed by atoms with Crippen molar-refractivity contribution in [3.63, 3.8) is 0 Å². The lowest BCUT2D eigenvalue weighted by Crippen LogP contribution is -2.10. The first-order valence-electron chi connectivity index (χ1n) is 7.22. The number of ether oxygens (including phenoxy) is 1. The number of nitrogens with zero attached hydrogens (tertiary/aromatic N) is 1. The molecule has 4 nitrogen and oxygen atoms in total. The maximum Gasteiger partial charge on any atom is 0.272 e. The van der Waals surface area contributed by atoms with E-state index in [1.807, 2.05) is 25.1 Å². The number of nitro groups is 1. The van der Waals surface area contributed by atoms with Crippen molar-refractivity contribution in [3.8, 4) is 11.5 Å². The van der Waals surface area contributed by atoms with Gasteiger partial charge in [0.2, 0.25) is 0 Å². The summed E-state index contributed by atoms with van der Waals surface area (Å²) in [6.07, 6.45) is 0. The van der Waals surface area contributed by atoms with E-state index in [0.717, 1.165) is 11.3 Å². The molecular weight excluding hydrogens is 278 g/mol. The summed E-state index contributed by atoms with van der Waals surface area (Å²) in [5.41, 5.74) is 2.69. The summed E-state index contributed by atoms with van der Waals surface area (Å²) < 4.78 is 5.94. The van der Waals surface area contributed by atoms with Gasteiger partial charge in [-0.1, -0.05) is 32.9 Å². The van der Waals surface area contributed by atoms with Crippen LogP contribution in [0.5, 0.6) is 11.5 Å². The van der Waals surface area contributed by atoms with E-state index in [2.05, 4.69) is 26.8 Å². The van der Waals surface area contributed by atoms with E-state index >= 15 is 0 Å². The van der Waals surface area contributed by atoms with Gasteiger partial charge in [-0.3, -0.25) is 10.1 Å². The van der Waals surface area contributed by atoms with Gasteiger partial charge >= 0.3 is 0 Å². The largest absolute Gasteiger partial charge is 0.457 e. The molecule has 0 aromatic heterocycles. The number of hydrogen-bond acceptors (Lipinski definition) is 3. The number of nitro benzene ring substituents is 1. The van der Waals surface area contributed by atoms with Crippen molar-refractivity contribution in [1.82, 2.24) is 0 Å². The molecule has 0 aliphatic heterocycles. The van der Waals surface area contributed by atoms with Crippen LogP contribution in [-0.4, -0.2) is 4.92 Å². The lowest BCUT2D eigenvalue weighted by molar-refractivity contribution is -0.385. The van der Waals surface area contributed by atoms with Crippen LogP contribution >= 0.6 is 0 Å². The normalized spacial score (nSPS) is 11.3. The molecule has 0 saturated heterocycles. The summed E-state index contributed by atoms with van der Waals surface area (Å²) in [7, 11) is 0. The van der Waals surface area contributed by atoms with Gasteiger partial charge < -0.3 is 4.74 Å². The zero-order chi connectivity index (χ0) is 16.5. The number of rotatable bonds is 3. The van der Waals surface area contributed by atoms with Gasteiger partial charge in [-0.05, 0) is 48.6 Å². The van der Waals surface area contributed by atoms with Crippen LogP contribution in [-0.2, 0) is 5.41 Å². The average molecular weight is 299 g/mol. The first-order valence-corrected chi connectivity index (χ1v) is 7.22. The zero-order valence-corrected chi connectivity index (χ0v) is 13.6. The Morgan fingerprint density at radius 1 is 1.05 bits per heavy atom. The molecule has 2 aromatic carbocycles. The number of benzene rings is 2. The van der Waals surface area contributed by atoms with E-state index in [0.29, 0.717) is 11.3 Å². The molecule has 2 rings (SSSR count). The maximum atomic E-state index is 11.0. The van der Waals surface area contributed by atoms with E-state index in [1.165, 1.54) is 5.56 Å². The highest BCUT2D eigenvalue weighted by molar-refractivity contribution is 5.50. The molecule has 0 aliphatic carbocycles. The van der Waals surface area contributed by atoms with Gasteiger partial charge in [0, 0.05) is 11.6 Å². The molecule has 0 atom stereocenters. The van der Waals surface area contributed by atoms with Crippen LogP contribution in [0.3, 0.4) is 0 Å². The highest BCUT2D eigenvalue weighted by atomic mass is 16.6. The molecule has 4 heteroatoms. The summed E-state index contributed by atoms with van der Waals surface area (Å²) >= 11 is 0. The van der Waals surface area contributed by atoms with Gasteiger partial charge in [-0.2, -0.15) is 0 Å². The van der Waals surface area contributed by atoms with Gasteiger partial charge in [0.25, 0.3) is 5.69 Å². The molecule has 0 radical (unpaired) electrons. The van der Waals surface area contributed by atoms with Crippen LogP contribution in [0.4, 0.5) is 5.69 Å². The van der Waals surface area contributed by atoms with Crippen molar-refractivity contribution >= 4 is 5.69 Å². The van der Waals surface area contributed by atoms with Gasteiger partial charge in [0.1, 0.15) is 11.5 Å². The number of aryl methyl sites for hydroxylation is 2. The van der Waals surface area contributed by atoms with Crippen LogP contribution in [0.15, 0.2) is 36.4 Å². The molecule has 22 heavy (non-hydrogen) atoms. The highest BCUT2D eigenvalue weighted by Gasteiger charge is 2.16. The van der Waals surface area contributed by atoms with Crippen LogP contribution in [0, 0.1) is 24.0 Å². The van der Waals surface area contributed by atoms with Crippen molar-refractivity contribution in [3.05, 3.63) is 63.2 Å². The second kappa shape index (κ2) is 5.79. The molecule has 0 aliphatic rings. The Labute approximate surface area is 130 Å². The summed E-state index contributed by atoms with van der Waals surface area (Å²) in [6.45, 7) is 9.97. The lowest BCUT2D eigenvalue weighted by Gasteiger charge is -2.20. The molecule has 0 N–H and O–H groups in total. The fraction of sp³-hybridized carbons (Fsp3) is 0.333. The van der Waals surface area contributed by atoms with Gasteiger partial charge in [0.05, 0.1) is 4.92 Å². The summed E-state index contributed by atoms with van der Waals surface area (Å²) in [5, 5.41) is 11.0. The topological polar surface area (TPSA) is 52.4 Å². The van der Waals surface area contributed by atoms with Gasteiger partial charge in [0.15, 0.2) is 0 Å². The van der Waals surface area contributed by atoms with E-state index in [4.69, 9.17) is 4.74 Å². The van der Waals surface area contributed by atoms with E-state index in [1.54, 1.807) is 19.1 Å². The summed E-state index contributed by atoms with van der Waals surface area (Å²) in [4.78, 5) is 10.6. The predicted molar refractivity (Wildman–Crippen MR) is 87.8 cm³/mol. The Morgan fingerprint density at radius 3 is 2.32 bits per heavy atom. The van der Waals surface area contributed by atoms with Gasteiger partial charge in [-0.15, -0.1) is 0 Å². The monoisotopic (exact) mass is 299 g/mol. The Kier molecular flexibility index (Phi) is 4.22. The predicted octanol–water partition coefficient (Wildman–Crippen LogP) is 5.30. The molecule has 0 bridgehead atoms. The Morgan fingerprint density at radius 2 is 1.73 bits per heavy atom. The fourth-order valence-corrected chi connectivity index (χ4v) is 2.23. The standard InChI is InChI=1S/C18H21NO3/c1-12-10-17(13(2)9-16(12)19(20)21)22-15-8-6-7-14(11-15)18(3,4)5/h6-11H,1-5H3. The Balaban J connectivity index is 2.36. The minimum atomic E-state index is -0.369. The third-order valence-electron chi connectivity index (χ3n) is 3.62. The Hall–Kier alpha value is -2.36. The van der Waals surface area contributed by atoms with Gasteiger partial charge in [-0.25, -0.2) is 0 Å². The molecule has 0 spiro atoms. The van der Waals surface area contributed by atoms with Crippen LogP contribution in [0.2, 0.25) is 0 Å². The second-order valence-electron chi connectivity index (χ2n) is 6.54. The molecule has 116 valence electrons. The van der Waals surface area contributed by atoms with Crippen molar-refractivity contribution in [2.75, 3.05) is 0 Å². The first-order chi connectivity index (χ1) is 10.2. The van der Waals surface area contributed by atoms with Crippen molar-refractivity contribution in [1.29, 1.82) is 0 Å². The van der Waals surface area contributed by atoms with E-state index in [9.17, 15) is 10.1 Å². The summed E-state index contributed by atoms with van der Waals surface area (Å²) in [5.74, 6) is 1.39.